The zero-order chi connectivity index (χ0) is 30.0. The average molecular weight is 652 g/mol. The second kappa shape index (κ2) is 10.5. The van der Waals surface area contributed by atoms with Gasteiger partial charge in [0, 0.05) is 41.4 Å². The lowest BCUT2D eigenvalue weighted by Crippen LogP contribution is -2.57. The summed E-state index contributed by atoms with van der Waals surface area (Å²) in [6, 6.07) is 3.23. The molecule has 2 N–H and O–H groups in total. The fraction of sp³-hybridized carbons (Fsp3) is 0.538. The lowest BCUT2D eigenvalue weighted by atomic mass is 9.88. The van der Waals surface area contributed by atoms with Gasteiger partial charge in [0.15, 0.2) is 5.69 Å². The van der Waals surface area contributed by atoms with Crippen molar-refractivity contribution in [3.63, 3.8) is 0 Å². The van der Waals surface area contributed by atoms with Gasteiger partial charge in [-0.15, -0.1) is 23.1 Å². The summed E-state index contributed by atoms with van der Waals surface area (Å²) in [5.74, 6) is 1.14. The van der Waals surface area contributed by atoms with Crippen molar-refractivity contribution >= 4 is 45.6 Å². The van der Waals surface area contributed by atoms with Crippen LogP contribution in [0.3, 0.4) is 0 Å². The highest BCUT2D eigenvalue weighted by Gasteiger charge is 2.53. The number of ether oxygens (including phenoxy) is 2. The van der Waals surface area contributed by atoms with E-state index in [0.29, 0.717) is 36.2 Å². The Hall–Kier alpha value is -3.13. The number of nitriles is 1. The maximum absolute atomic E-state index is 13.0. The topological polar surface area (TPSA) is 139 Å². The molecular formula is C26H25ClF3N9O2S2. The maximum atomic E-state index is 13.0. The summed E-state index contributed by atoms with van der Waals surface area (Å²) >= 11 is 9.58. The van der Waals surface area contributed by atoms with E-state index in [-0.39, 0.29) is 40.1 Å². The highest BCUT2D eigenvalue weighted by atomic mass is 35.5. The number of thioether (sulfide) groups is 1. The Balaban J connectivity index is 1.000. The van der Waals surface area contributed by atoms with Crippen LogP contribution in [0.2, 0.25) is 5.28 Å². The Kier molecular flexibility index (Phi) is 6.99. The first kappa shape index (κ1) is 28.6. The van der Waals surface area contributed by atoms with Crippen LogP contribution in [-0.2, 0) is 16.7 Å². The van der Waals surface area contributed by atoms with Gasteiger partial charge in [0.2, 0.25) is 17.1 Å². The fourth-order valence-corrected chi connectivity index (χ4v) is 9.66. The van der Waals surface area contributed by atoms with Gasteiger partial charge in [-0.05, 0) is 43.8 Å². The van der Waals surface area contributed by atoms with E-state index in [0.717, 1.165) is 60.8 Å². The largest absolute Gasteiger partial charge is 0.476 e. The molecule has 11 nitrogen and oxygen atoms in total. The Morgan fingerprint density at radius 3 is 2.81 bits per heavy atom. The number of fused-ring (bicyclic) bond motifs is 3. The molecule has 3 aromatic rings. The minimum Gasteiger partial charge on any atom is -0.476 e. The van der Waals surface area contributed by atoms with Gasteiger partial charge in [0.05, 0.1) is 15.8 Å². The number of rotatable bonds is 7. The van der Waals surface area contributed by atoms with Crippen LogP contribution in [0, 0.1) is 11.3 Å². The summed E-state index contributed by atoms with van der Waals surface area (Å²) in [4.78, 5) is 25.7. The third kappa shape index (κ3) is 4.99. The van der Waals surface area contributed by atoms with Crippen molar-refractivity contribution in [3.8, 4) is 18.0 Å². The average Bonchev–Trinajstić information content (AvgIpc) is 3.69. The fourth-order valence-electron chi connectivity index (χ4n) is 6.70. The number of alkyl halides is 3. The van der Waals surface area contributed by atoms with E-state index in [1.807, 2.05) is 4.90 Å². The molecule has 3 aromatic heterocycles. The molecular weight excluding hydrogens is 627 g/mol. The SMILES string of the molecule is N#Cc1c(N)sc2c1C1(CN(c3nc(Cl)nc(OC[C@@]45CCCN4[C@H](COc4cc(C(F)(F)F)ncn4)CC5)n3)C1)SC2. The predicted molar refractivity (Wildman–Crippen MR) is 153 cm³/mol. The second-order valence-corrected chi connectivity index (χ2v) is 14.0. The lowest BCUT2D eigenvalue weighted by molar-refractivity contribution is -0.141. The van der Waals surface area contributed by atoms with Crippen molar-refractivity contribution in [3.05, 3.63) is 39.4 Å². The van der Waals surface area contributed by atoms with E-state index in [4.69, 9.17) is 26.8 Å². The van der Waals surface area contributed by atoms with Gasteiger partial charge in [-0.3, -0.25) is 4.90 Å². The third-order valence-corrected chi connectivity index (χ3v) is 11.5. The van der Waals surface area contributed by atoms with Crippen LogP contribution in [0.1, 0.15) is 47.4 Å². The van der Waals surface area contributed by atoms with E-state index < -0.39 is 11.9 Å². The summed E-state index contributed by atoms with van der Waals surface area (Å²) in [5.41, 5.74) is 6.41. The van der Waals surface area contributed by atoms with Crippen molar-refractivity contribution in [1.29, 1.82) is 5.26 Å². The summed E-state index contributed by atoms with van der Waals surface area (Å²) in [5, 5.41) is 10.3. The molecule has 2 atom stereocenters. The van der Waals surface area contributed by atoms with Crippen molar-refractivity contribution in [2.24, 2.45) is 0 Å². The summed E-state index contributed by atoms with van der Waals surface area (Å²) in [6.45, 7) is 2.60. The number of hydrogen-bond acceptors (Lipinski definition) is 13. The summed E-state index contributed by atoms with van der Waals surface area (Å²) < 4.78 is 50.7. The quantitative estimate of drug-likeness (QED) is 0.390. The molecule has 4 aliphatic rings. The zero-order valence-corrected chi connectivity index (χ0v) is 25.0. The maximum Gasteiger partial charge on any atom is 0.433 e. The lowest BCUT2D eigenvalue weighted by Gasteiger charge is -2.47. The molecule has 226 valence electrons. The molecule has 4 aliphatic heterocycles. The molecule has 3 saturated heterocycles. The molecule has 3 fully saturated rings. The van der Waals surface area contributed by atoms with E-state index in [9.17, 15) is 18.4 Å². The molecule has 1 spiro atoms. The van der Waals surface area contributed by atoms with Gasteiger partial charge in [0.1, 0.15) is 30.6 Å². The Morgan fingerprint density at radius 2 is 2.02 bits per heavy atom. The summed E-state index contributed by atoms with van der Waals surface area (Å²) in [6.07, 6.45) is -0.202. The molecule has 7 heterocycles. The molecule has 43 heavy (non-hydrogen) atoms. The molecule has 0 unspecified atom stereocenters. The van der Waals surface area contributed by atoms with E-state index in [1.165, 1.54) is 11.3 Å². The molecule has 0 aliphatic carbocycles. The van der Waals surface area contributed by atoms with Gasteiger partial charge in [-0.25, -0.2) is 9.97 Å². The molecule has 17 heteroatoms. The normalized spacial score (nSPS) is 24.1. The molecule has 0 aromatic carbocycles. The molecule has 0 bridgehead atoms. The molecule has 0 radical (unpaired) electrons. The zero-order valence-electron chi connectivity index (χ0n) is 22.6. The van der Waals surface area contributed by atoms with Crippen LogP contribution in [-0.4, -0.2) is 74.2 Å². The molecule has 0 amide bonds. The third-order valence-electron chi connectivity index (χ3n) is 8.67. The van der Waals surface area contributed by atoms with E-state index >= 15 is 0 Å². The molecule has 0 saturated carbocycles. The first-order valence-electron chi connectivity index (χ1n) is 13.6. The first-order chi connectivity index (χ1) is 20.6. The van der Waals surface area contributed by atoms with Gasteiger partial charge in [-0.1, -0.05) is 0 Å². The van der Waals surface area contributed by atoms with Crippen LogP contribution in [0.5, 0.6) is 11.9 Å². The Bertz CT molecular complexity index is 1610. The summed E-state index contributed by atoms with van der Waals surface area (Å²) in [7, 11) is 0. The van der Waals surface area contributed by atoms with Crippen LogP contribution in [0.25, 0.3) is 0 Å². The predicted octanol–water partition coefficient (Wildman–Crippen LogP) is 4.27. The Labute approximate surface area is 257 Å². The number of nitrogens with zero attached hydrogens (tertiary/aromatic N) is 8. The number of halogens is 4. The van der Waals surface area contributed by atoms with Crippen molar-refractivity contribution in [2.45, 2.75) is 53.9 Å². The smallest absolute Gasteiger partial charge is 0.433 e. The minimum atomic E-state index is -4.57. The van der Waals surface area contributed by atoms with Crippen molar-refractivity contribution in [1.82, 2.24) is 29.8 Å². The van der Waals surface area contributed by atoms with Gasteiger partial charge in [-0.2, -0.15) is 33.4 Å². The van der Waals surface area contributed by atoms with Crippen LogP contribution >= 0.6 is 34.7 Å². The van der Waals surface area contributed by atoms with Crippen LogP contribution in [0.15, 0.2) is 12.4 Å². The highest BCUT2D eigenvalue weighted by molar-refractivity contribution is 8.00. The number of hydrogen-bond donors (Lipinski definition) is 1. The van der Waals surface area contributed by atoms with Crippen molar-refractivity contribution in [2.75, 3.05) is 43.5 Å². The first-order valence-corrected chi connectivity index (χ1v) is 15.8. The monoisotopic (exact) mass is 651 g/mol. The number of nitrogens with two attached hydrogens (primary N) is 1. The minimum absolute atomic E-state index is 0.00318. The van der Waals surface area contributed by atoms with Gasteiger partial charge < -0.3 is 20.1 Å². The van der Waals surface area contributed by atoms with Crippen molar-refractivity contribution < 1.29 is 22.6 Å². The second-order valence-electron chi connectivity index (χ2n) is 11.1. The number of anilines is 2. The highest BCUT2D eigenvalue weighted by Crippen LogP contribution is 2.57. The molecule has 7 rings (SSSR count). The van der Waals surface area contributed by atoms with Gasteiger partial charge in [0.25, 0.3) is 0 Å². The standard InChI is InChI=1S/C26H25ClF3N9O2S2/c27-21-35-22(38-10-25(11-38)19-15(7-31)20(32)43-16(19)9-42-25)37-23(36-21)41-12-24-3-1-5-39(24)14(2-4-24)8-40-18-6-17(26(28,29)30)33-13-34-18/h6,13-14H,1-5,8-12,32H2/t14-,24-/m0/s1. The van der Waals surface area contributed by atoms with Gasteiger partial charge >= 0.3 is 12.2 Å². The van der Waals surface area contributed by atoms with E-state index in [2.05, 4.69) is 35.9 Å². The van der Waals surface area contributed by atoms with Crippen LogP contribution < -0.4 is 20.1 Å². The van der Waals surface area contributed by atoms with E-state index in [1.54, 1.807) is 11.8 Å². The van der Waals surface area contributed by atoms with Crippen LogP contribution in [0.4, 0.5) is 24.1 Å². The number of thiophene rings is 1. The number of aromatic nitrogens is 5. The Morgan fingerprint density at radius 1 is 1.19 bits per heavy atom. The number of nitrogen functional groups attached to an aromatic ring is 1.